The van der Waals surface area contributed by atoms with Gasteiger partial charge in [-0.3, -0.25) is 9.78 Å². The first-order chi connectivity index (χ1) is 8.66. The molecule has 1 atom stereocenters. The van der Waals surface area contributed by atoms with Crippen LogP contribution >= 0.6 is 0 Å². The van der Waals surface area contributed by atoms with Crippen molar-refractivity contribution in [1.82, 2.24) is 14.8 Å². The maximum absolute atomic E-state index is 12.1. The van der Waals surface area contributed by atoms with Gasteiger partial charge in [-0.1, -0.05) is 6.07 Å². The highest BCUT2D eigenvalue weighted by Crippen LogP contribution is 2.09. The van der Waals surface area contributed by atoms with Crippen LogP contribution in [0, 0.1) is 0 Å². The van der Waals surface area contributed by atoms with E-state index in [0.29, 0.717) is 0 Å². The van der Waals surface area contributed by atoms with Crippen LogP contribution in [0.4, 0.5) is 0 Å². The average Bonchev–Trinajstić information content (AvgIpc) is 2.37. The zero-order valence-electron chi connectivity index (χ0n) is 10.9. The van der Waals surface area contributed by atoms with Crippen molar-refractivity contribution in [2.45, 2.75) is 13.0 Å². The minimum atomic E-state index is 0.0706. The lowest BCUT2D eigenvalue weighted by Crippen LogP contribution is -2.52. The van der Waals surface area contributed by atoms with Crippen molar-refractivity contribution in [2.75, 3.05) is 26.7 Å². The Kier molecular flexibility index (Phi) is 4.10. The minimum absolute atomic E-state index is 0.0706. The monoisotopic (exact) mass is 245 g/mol. The van der Waals surface area contributed by atoms with Gasteiger partial charge in [0, 0.05) is 37.9 Å². The number of aromatic nitrogens is 1. The quantitative estimate of drug-likeness (QED) is 0.736. The molecule has 1 unspecified atom stereocenters. The van der Waals surface area contributed by atoms with Crippen molar-refractivity contribution in [3.05, 3.63) is 36.2 Å². The maximum atomic E-state index is 12.1. The molecule has 0 radical (unpaired) electrons. The van der Waals surface area contributed by atoms with Gasteiger partial charge in [-0.25, -0.2) is 0 Å². The Labute approximate surface area is 108 Å². The first-order valence-electron chi connectivity index (χ1n) is 6.25. The van der Waals surface area contributed by atoms with Crippen molar-refractivity contribution in [3.8, 4) is 0 Å². The van der Waals surface area contributed by atoms with E-state index in [-0.39, 0.29) is 11.9 Å². The number of rotatable bonds is 2. The Morgan fingerprint density at radius 1 is 1.44 bits per heavy atom. The van der Waals surface area contributed by atoms with Crippen LogP contribution in [0.1, 0.15) is 12.6 Å². The second-order valence-electron chi connectivity index (χ2n) is 4.73. The highest BCUT2D eigenvalue weighted by molar-refractivity contribution is 5.91. The maximum Gasteiger partial charge on any atom is 0.246 e. The van der Waals surface area contributed by atoms with Crippen molar-refractivity contribution in [1.29, 1.82) is 0 Å². The Hall–Kier alpha value is -1.68. The molecule has 0 N–H and O–H groups in total. The van der Waals surface area contributed by atoms with Crippen LogP contribution in [0.3, 0.4) is 0 Å². The average molecular weight is 245 g/mol. The van der Waals surface area contributed by atoms with E-state index < -0.39 is 0 Å². The number of amides is 1. The second kappa shape index (κ2) is 5.78. The molecule has 2 heterocycles. The third kappa shape index (κ3) is 3.17. The van der Waals surface area contributed by atoms with Gasteiger partial charge in [0.15, 0.2) is 0 Å². The zero-order valence-corrected chi connectivity index (χ0v) is 10.9. The van der Waals surface area contributed by atoms with Crippen molar-refractivity contribution in [3.63, 3.8) is 0 Å². The van der Waals surface area contributed by atoms with Crippen molar-refractivity contribution < 1.29 is 4.79 Å². The summed E-state index contributed by atoms with van der Waals surface area (Å²) in [6.07, 6.45) is 5.11. The molecule has 96 valence electrons. The van der Waals surface area contributed by atoms with Crippen LogP contribution in [-0.4, -0.2) is 53.4 Å². The summed E-state index contributed by atoms with van der Waals surface area (Å²) >= 11 is 0. The van der Waals surface area contributed by atoms with E-state index in [1.807, 2.05) is 23.1 Å². The molecule has 0 aromatic carbocycles. The van der Waals surface area contributed by atoms with Gasteiger partial charge >= 0.3 is 0 Å². The fourth-order valence-electron chi connectivity index (χ4n) is 2.19. The summed E-state index contributed by atoms with van der Waals surface area (Å²) in [5, 5.41) is 0. The Morgan fingerprint density at radius 3 is 2.94 bits per heavy atom. The standard InChI is InChI=1S/C14H19N3O/c1-12-11-16(2)9-10-17(12)14(18)7-6-13-5-3-4-8-15-13/h3-8,12H,9-11H2,1-2H3. The lowest BCUT2D eigenvalue weighted by Gasteiger charge is -2.37. The number of carbonyl (C=O) groups excluding carboxylic acids is 1. The van der Waals surface area contributed by atoms with E-state index in [9.17, 15) is 4.79 Å². The van der Waals surface area contributed by atoms with Gasteiger partial charge < -0.3 is 9.80 Å². The summed E-state index contributed by atoms with van der Waals surface area (Å²) in [4.78, 5) is 20.4. The molecule has 2 rings (SSSR count). The topological polar surface area (TPSA) is 36.4 Å². The van der Waals surface area contributed by atoms with Crippen molar-refractivity contribution in [2.24, 2.45) is 0 Å². The fraction of sp³-hybridized carbons (Fsp3) is 0.429. The number of carbonyl (C=O) groups is 1. The lowest BCUT2D eigenvalue weighted by molar-refractivity contribution is -0.130. The molecule has 0 aliphatic carbocycles. The highest BCUT2D eigenvalue weighted by atomic mass is 16.2. The predicted octanol–water partition coefficient (Wildman–Crippen LogP) is 1.26. The molecule has 0 saturated carbocycles. The Morgan fingerprint density at radius 2 is 2.28 bits per heavy atom. The molecule has 1 aliphatic rings. The molecule has 1 saturated heterocycles. The van der Waals surface area contributed by atoms with E-state index in [2.05, 4.69) is 23.9 Å². The van der Waals surface area contributed by atoms with Crippen LogP contribution in [0.5, 0.6) is 0 Å². The van der Waals surface area contributed by atoms with Gasteiger partial charge in [0.2, 0.25) is 5.91 Å². The third-order valence-electron chi connectivity index (χ3n) is 3.20. The van der Waals surface area contributed by atoms with Gasteiger partial charge in [-0.2, -0.15) is 0 Å². The number of pyridine rings is 1. The van der Waals surface area contributed by atoms with Crippen LogP contribution in [0.25, 0.3) is 6.08 Å². The van der Waals surface area contributed by atoms with Crippen LogP contribution in [0.15, 0.2) is 30.5 Å². The number of nitrogens with zero attached hydrogens (tertiary/aromatic N) is 3. The molecule has 1 aliphatic heterocycles. The molecule has 1 aromatic rings. The molecule has 1 aromatic heterocycles. The Bertz CT molecular complexity index is 430. The summed E-state index contributed by atoms with van der Waals surface area (Å²) in [5.74, 6) is 0.0706. The molecule has 0 bridgehead atoms. The van der Waals surface area contributed by atoms with E-state index in [1.54, 1.807) is 18.3 Å². The number of likely N-dealkylation sites (N-methyl/N-ethyl adjacent to an activating group) is 1. The van der Waals surface area contributed by atoms with Crippen LogP contribution in [-0.2, 0) is 4.79 Å². The number of hydrogen-bond donors (Lipinski definition) is 0. The molecule has 4 heteroatoms. The van der Waals surface area contributed by atoms with Crippen molar-refractivity contribution >= 4 is 12.0 Å². The van der Waals surface area contributed by atoms with Gasteiger partial charge in [0.25, 0.3) is 0 Å². The highest BCUT2D eigenvalue weighted by Gasteiger charge is 2.23. The number of hydrogen-bond acceptors (Lipinski definition) is 3. The molecule has 1 fully saturated rings. The van der Waals surface area contributed by atoms with Gasteiger partial charge in [0.1, 0.15) is 0 Å². The summed E-state index contributed by atoms with van der Waals surface area (Å²) < 4.78 is 0. The molecule has 1 amide bonds. The predicted molar refractivity (Wildman–Crippen MR) is 71.9 cm³/mol. The number of piperazine rings is 1. The summed E-state index contributed by atoms with van der Waals surface area (Å²) in [6, 6.07) is 5.93. The van der Waals surface area contributed by atoms with Gasteiger partial charge in [-0.05, 0) is 32.2 Å². The van der Waals surface area contributed by atoms with Crippen LogP contribution in [0.2, 0.25) is 0 Å². The first kappa shape index (κ1) is 12.8. The molecule has 4 nitrogen and oxygen atoms in total. The molecule has 0 spiro atoms. The van der Waals surface area contributed by atoms with Gasteiger partial charge in [0.05, 0.1) is 5.69 Å². The molecular formula is C14H19N3O. The van der Waals surface area contributed by atoms with E-state index >= 15 is 0 Å². The SMILES string of the molecule is CC1CN(C)CCN1C(=O)C=Cc1ccccn1. The van der Waals surface area contributed by atoms with Gasteiger partial charge in [-0.15, -0.1) is 0 Å². The largest absolute Gasteiger partial charge is 0.334 e. The second-order valence-corrected chi connectivity index (χ2v) is 4.73. The smallest absolute Gasteiger partial charge is 0.246 e. The van der Waals surface area contributed by atoms with E-state index in [0.717, 1.165) is 25.3 Å². The summed E-state index contributed by atoms with van der Waals surface area (Å²) in [6.45, 7) is 4.75. The summed E-state index contributed by atoms with van der Waals surface area (Å²) in [5.41, 5.74) is 0.813. The molecular weight excluding hydrogens is 226 g/mol. The van der Waals surface area contributed by atoms with E-state index in [4.69, 9.17) is 0 Å². The fourth-order valence-corrected chi connectivity index (χ4v) is 2.19. The molecule has 18 heavy (non-hydrogen) atoms. The summed E-state index contributed by atoms with van der Waals surface area (Å²) in [7, 11) is 2.09. The normalized spacial score (nSPS) is 21.4. The zero-order chi connectivity index (χ0) is 13.0. The third-order valence-corrected chi connectivity index (χ3v) is 3.20. The van der Waals surface area contributed by atoms with E-state index in [1.165, 1.54) is 0 Å². The lowest BCUT2D eigenvalue weighted by atomic mass is 10.2. The Balaban J connectivity index is 1.98. The minimum Gasteiger partial charge on any atom is -0.334 e. The first-order valence-corrected chi connectivity index (χ1v) is 6.25. The van der Waals surface area contributed by atoms with Crippen LogP contribution < -0.4 is 0 Å².